The van der Waals surface area contributed by atoms with E-state index in [0.29, 0.717) is 5.92 Å². The highest BCUT2D eigenvalue weighted by molar-refractivity contribution is 5.25. The van der Waals surface area contributed by atoms with Gasteiger partial charge in [-0.1, -0.05) is 55.0 Å². The molecule has 0 fully saturated rings. The van der Waals surface area contributed by atoms with Gasteiger partial charge in [0.1, 0.15) is 0 Å². The molecule has 96 valence electrons. The molecule has 0 rings (SSSR count). The number of ether oxygens (including phenoxy) is 1. The van der Waals surface area contributed by atoms with Crippen LogP contribution in [0.25, 0.3) is 0 Å². The lowest BCUT2D eigenvalue weighted by atomic mass is 10.1. The molecule has 0 bridgehead atoms. The van der Waals surface area contributed by atoms with Crippen molar-refractivity contribution in [2.75, 3.05) is 13.7 Å². The van der Waals surface area contributed by atoms with E-state index in [4.69, 9.17) is 4.74 Å². The van der Waals surface area contributed by atoms with Gasteiger partial charge in [0.2, 0.25) is 0 Å². The van der Waals surface area contributed by atoms with E-state index in [-0.39, 0.29) is 0 Å². The third kappa shape index (κ3) is 9.83. The summed E-state index contributed by atoms with van der Waals surface area (Å²) in [6.07, 6.45) is 12.7. The second-order valence-electron chi connectivity index (χ2n) is 4.56. The van der Waals surface area contributed by atoms with Crippen molar-refractivity contribution in [3.8, 4) is 0 Å². The standard InChI is InChI=1S/C16H26O/c1-6-14(2)9-7-10-15(3)11-8-12-16(4)13-17-5/h6-7,9-11,16H,1,8,12-13H2,2-5H3. The molecule has 0 saturated carbocycles. The SMILES string of the molecule is C=CC(C)=CC=CC(C)=CCCC(C)COC. The Morgan fingerprint density at radius 3 is 2.59 bits per heavy atom. The zero-order valence-electron chi connectivity index (χ0n) is 11.7. The summed E-state index contributed by atoms with van der Waals surface area (Å²) in [5.74, 6) is 0.635. The van der Waals surface area contributed by atoms with Gasteiger partial charge in [-0.05, 0) is 32.6 Å². The molecule has 0 aliphatic rings. The Labute approximate surface area is 107 Å². The Morgan fingerprint density at radius 1 is 1.29 bits per heavy atom. The first kappa shape index (κ1) is 15.9. The molecule has 0 heterocycles. The van der Waals surface area contributed by atoms with Crippen LogP contribution in [0.2, 0.25) is 0 Å². The van der Waals surface area contributed by atoms with Gasteiger partial charge >= 0.3 is 0 Å². The van der Waals surface area contributed by atoms with Crippen LogP contribution >= 0.6 is 0 Å². The van der Waals surface area contributed by atoms with E-state index in [2.05, 4.69) is 44.7 Å². The van der Waals surface area contributed by atoms with Crippen LogP contribution in [0.1, 0.15) is 33.6 Å². The van der Waals surface area contributed by atoms with Crippen molar-refractivity contribution in [2.24, 2.45) is 5.92 Å². The first-order chi connectivity index (χ1) is 8.10. The maximum atomic E-state index is 5.11. The maximum absolute atomic E-state index is 5.11. The third-order valence-corrected chi connectivity index (χ3v) is 2.62. The monoisotopic (exact) mass is 234 g/mol. The molecule has 0 amide bonds. The molecule has 1 atom stereocenters. The number of methoxy groups -OCH3 is 1. The lowest BCUT2D eigenvalue weighted by molar-refractivity contribution is 0.156. The zero-order chi connectivity index (χ0) is 13.1. The first-order valence-electron chi connectivity index (χ1n) is 6.23. The second-order valence-corrected chi connectivity index (χ2v) is 4.56. The summed E-state index contributed by atoms with van der Waals surface area (Å²) in [5.41, 5.74) is 2.49. The minimum atomic E-state index is 0.635. The van der Waals surface area contributed by atoms with Crippen LogP contribution in [0.5, 0.6) is 0 Å². The highest BCUT2D eigenvalue weighted by atomic mass is 16.5. The van der Waals surface area contributed by atoms with Crippen molar-refractivity contribution in [3.05, 3.63) is 48.1 Å². The summed E-state index contributed by atoms with van der Waals surface area (Å²) in [6, 6.07) is 0. The maximum Gasteiger partial charge on any atom is 0.0487 e. The molecule has 1 heteroatoms. The minimum absolute atomic E-state index is 0.635. The molecule has 0 radical (unpaired) electrons. The van der Waals surface area contributed by atoms with Crippen LogP contribution in [0, 0.1) is 5.92 Å². The first-order valence-corrected chi connectivity index (χ1v) is 6.23. The fourth-order valence-corrected chi connectivity index (χ4v) is 1.45. The Bertz CT molecular complexity index is 295. The van der Waals surface area contributed by atoms with Crippen molar-refractivity contribution >= 4 is 0 Å². The molecule has 0 aromatic rings. The zero-order valence-corrected chi connectivity index (χ0v) is 11.7. The van der Waals surface area contributed by atoms with E-state index in [0.717, 1.165) is 13.0 Å². The molecule has 0 aliphatic carbocycles. The highest BCUT2D eigenvalue weighted by Crippen LogP contribution is 2.08. The van der Waals surface area contributed by atoms with Crippen LogP contribution in [-0.2, 0) is 4.74 Å². The predicted octanol–water partition coefficient (Wildman–Crippen LogP) is 4.68. The smallest absolute Gasteiger partial charge is 0.0487 e. The van der Waals surface area contributed by atoms with Gasteiger partial charge in [0, 0.05) is 13.7 Å². The van der Waals surface area contributed by atoms with Crippen LogP contribution < -0.4 is 0 Å². The molecule has 0 aromatic heterocycles. The van der Waals surface area contributed by atoms with E-state index >= 15 is 0 Å². The van der Waals surface area contributed by atoms with Crippen LogP contribution in [0.4, 0.5) is 0 Å². The number of hydrogen-bond donors (Lipinski definition) is 0. The Hall–Kier alpha value is -1.08. The fourth-order valence-electron chi connectivity index (χ4n) is 1.45. The molecule has 0 N–H and O–H groups in total. The van der Waals surface area contributed by atoms with Gasteiger partial charge in [-0.15, -0.1) is 0 Å². The van der Waals surface area contributed by atoms with Gasteiger partial charge in [0.25, 0.3) is 0 Å². The van der Waals surface area contributed by atoms with Crippen molar-refractivity contribution in [3.63, 3.8) is 0 Å². The predicted molar refractivity (Wildman–Crippen MR) is 77.1 cm³/mol. The largest absolute Gasteiger partial charge is 0.384 e. The van der Waals surface area contributed by atoms with Crippen molar-refractivity contribution in [1.29, 1.82) is 0 Å². The van der Waals surface area contributed by atoms with Crippen LogP contribution in [-0.4, -0.2) is 13.7 Å². The highest BCUT2D eigenvalue weighted by Gasteiger charge is 1.98. The molecule has 0 spiro atoms. The van der Waals surface area contributed by atoms with Gasteiger partial charge in [-0.25, -0.2) is 0 Å². The molecule has 0 aromatic carbocycles. The van der Waals surface area contributed by atoms with Gasteiger partial charge in [-0.2, -0.15) is 0 Å². The Morgan fingerprint density at radius 2 is 2.00 bits per heavy atom. The average Bonchev–Trinajstić information content (AvgIpc) is 2.29. The number of rotatable bonds is 8. The van der Waals surface area contributed by atoms with Crippen LogP contribution in [0.15, 0.2) is 48.1 Å². The van der Waals surface area contributed by atoms with Crippen LogP contribution in [0.3, 0.4) is 0 Å². The van der Waals surface area contributed by atoms with Crippen molar-refractivity contribution in [2.45, 2.75) is 33.6 Å². The third-order valence-electron chi connectivity index (χ3n) is 2.62. The average molecular weight is 234 g/mol. The molecule has 17 heavy (non-hydrogen) atoms. The van der Waals surface area contributed by atoms with Crippen molar-refractivity contribution in [1.82, 2.24) is 0 Å². The lowest BCUT2D eigenvalue weighted by Gasteiger charge is -2.07. The summed E-state index contributed by atoms with van der Waals surface area (Å²) in [7, 11) is 1.76. The molecule has 0 aliphatic heterocycles. The van der Waals surface area contributed by atoms with E-state index in [9.17, 15) is 0 Å². The Kier molecular flexibility index (Phi) is 9.46. The van der Waals surface area contributed by atoms with Gasteiger partial charge in [0.05, 0.1) is 0 Å². The van der Waals surface area contributed by atoms with Gasteiger partial charge < -0.3 is 4.74 Å². The van der Waals surface area contributed by atoms with Gasteiger partial charge in [-0.3, -0.25) is 0 Å². The van der Waals surface area contributed by atoms with E-state index in [1.807, 2.05) is 13.0 Å². The fraction of sp³-hybridized carbons (Fsp3) is 0.500. The minimum Gasteiger partial charge on any atom is -0.384 e. The summed E-state index contributed by atoms with van der Waals surface area (Å²) in [6.45, 7) is 11.0. The normalized spacial score (nSPS) is 15.3. The summed E-state index contributed by atoms with van der Waals surface area (Å²) in [5, 5.41) is 0. The molecular formula is C16H26O. The molecule has 0 saturated heterocycles. The van der Waals surface area contributed by atoms with E-state index in [1.165, 1.54) is 17.6 Å². The molecule has 1 nitrogen and oxygen atoms in total. The van der Waals surface area contributed by atoms with Gasteiger partial charge in [0.15, 0.2) is 0 Å². The summed E-state index contributed by atoms with van der Waals surface area (Å²) >= 11 is 0. The molecular weight excluding hydrogens is 208 g/mol. The quantitative estimate of drug-likeness (QED) is 0.554. The number of hydrogen-bond acceptors (Lipinski definition) is 1. The second kappa shape index (κ2) is 10.1. The lowest BCUT2D eigenvalue weighted by Crippen LogP contribution is -2.02. The summed E-state index contributed by atoms with van der Waals surface area (Å²) < 4.78 is 5.11. The number of allylic oxidation sites excluding steroid dienone is 7. The summed E-state index contributed by atoms with van der Waals surface area (Å²) in [4.78, 5) is 0. The molecule has 1 unspecified atom stereocenters. The topological polar surface area (TPSA) is 9.23 Å². The Balaban J connectivity index is 3.97. The van der Waals surface area contributed by atoms with Crippen molar-refractivity contribution < 1.29 is 4.74 Å². The van der Waals surface area contributed by atoms with E-state index < -0.39 is 0 Å². The van der Waals surface area contributed by atoms with E-state index in [1.54, 1.807) is 7.11 Å².